The summed E-state index contributed by atoms with van der Waals surface area (Å²) in [7, 11) is 0. The summed E-state index contributed by atoms with van der Waals surface area (Å²) in [4.78, 5) is 0. The molecule has 0 spiro atoms. The summed E-state index contributed by atoms with van der Waals surface area (Å²) in [6.45, 7) is 10.6. The van der Waals surface area contributed by atoms with E-state index in [4.69, 9.17) is 4.74 Å². The van der Waals surface area contributed by atoms with E-state index in [9.17, 15) is 0 Å². The Labute approximate surface area is 99.0 Å². The molecule has 1 rings (SSSR count). The zero-order valence-electron chi connectivity index (χ0n) is 10.9. The van der Waals surface area contributed by atoms with Crippen molar-refractivity contribution in [2.24, 2.45) is 0 Å². The molecule has 1 N–H and O–H groups in total. The smallest absolute Gasteiger partial charge is 0.119 e. The van der Waals surface area contributed by atoms with Crippen LogP contribution in [-0.4, -0.2) is 12.1 Å². The molecule has 0 aliphatic carbocycles. The van der Waals surface area contributed by atoms with Gasteiger partial charge in [0.1, 0.15) is 5.75 Å². The first kappa shape index (κ1) is 13.0. The summed E-state index contributed by atoms with van der Waals surface area (Å²) < 4.78 is 5.61. The summed E-state index contributed by atoms with van der Waals surface area (Å²) in [6.07, 6.45) is 0.233. The van der Waals surface area contributed by atoms with Crippen molar-refractivity contribution < 1.29 is 4.74 Å². The highest BCUT2D eigenvalue weighted by Crippen LogP contribution is 2.18. The minimum absolute atomic E-state index is 0.233. The van der Waals surface area contributed by atoms with E-state index in [1.165, 1.54) is 5.56 Å². The lowest BCUT2D eigenvalue weighted by atomic mass is 10.1. The third kappa shape index (κ3) is 4.23. The second kappa shape index (κ2) is 5.90. The minimum Gasteiger partial charge on any atom is -0.491 e. The van der Waals surface area contributed by atoms with Crippen LogP contribution in [0.3, 0.4) is 0 Å². The molecule has 0 aliphatic heterocycles. The van der Waals surface area contributed by atoms with Crippen molar-refractivity contribution >= 4 is 0 Å². The number of hydrogen-bond acceptors (Lipinski definition) is 2. The van der Waals surface area contributed by atoms with Gasteiger partial charge >= 0.3 is 0 Å². The van der Waals surface area contributed by atoms with Crippen molar-refractivity contribution in [3.05, 3.63) is 29.8 Å². The SMILES string of the molecule is CC(C)N[C@@H](C)c1ccc(OC(C)C)cc1. The van der Waals surface area contributed by atoms with Crippen molar-refractivity contribution in [3.8, 4) is 5.75 Å². The molecule has 1 atom stereocenters. The van der Waals surface area contributed by atoms with Gasteiger partial charge in [-0.05, 0) is 38.5 Å². The zero-order valence-corrected chi connectivity index (χ0v) is 10.9. The van der Waals surface area contributed by atoms with Crippen LogP contribution >= 0.6 is 0 Å². The van der Waals surface area contributed by atoms with Crippen molar-refractivity contribution in [2.45, 2.75) is 52.8 Å². The molecule has 0 radical (unpaired) electrons. The highest BCUT2D eigenvalue weighted by Gasteiger charge is 2.06. The fourth-order valence-corrected chi connectivity index (χ4v) is 1.70. The molecule has 0 amide bonds. The molecule has 0 aliphatic rings. The van der Waals surface area contributed by atoms with Crippen molar-refractivity contribution in [3.63, 3.8) is 0 Å². The second-order valence-electron chi connectivity index (χ2n) is 4.78. The van der Waals surface area contributed by atoms with Gasteiger partial charge in [-0.2, -0.15) is 0 Å². The first-order valence-electron chi connectivity index (χ1n) is 6.01. The van der Waals surface area contributed by atoms with Crippen LogP contribution in [0.5, 0.6) is 5.75 Å². The quantitative estimate of drug-likeness (QED) is 0.821. The van der Waals surface area contributed by atoms with Crippen LogP contribution in [-0.2, 0) is 0 Å². The Morgan fingerprint density at radius 2 is 1.50 bits per heavy atom. The molecule has 16 heavy (non-hydrogen) atoms. The molecular formula is C14H23NO. The Morgan fingerprint density at radius 3 is 1.94 bits per heavy atom. The number of hydrogen-bond donors (Lipinski definition) is 1. The average molecular weight is 221 g/mol. The van der Waals surface area contributed by atoms with Crippen molar-refractivity contribution in [1.29, 1.82) is 0 Å². The molecular weight excluding hydrogens is 198 g/mol. The van der Waals surface area contributed by atoms with Crippen LogP contribution in [0, 0.1) is 0 Å². The first-order valence-corrected chi connectivity index (χ1v) is 6.01. The van der Waals surface area contributed by atoms with Gasteiger partial charge in [0.2, 0.25) is 0 Å². The van der Waals surface area contributed by atoms with Gasteiger partial charge in [0, 0.05) is 12.1 Å². The molecule has 0 saturated heterocycles. The molecule has 0 heterocycles. The second-order valence-corrected chi connectivity index (χ2v) is 4.78. The monoisotopic (exact) mass is 221 g/mol. The van der Waals surface area contributed by atoms with Gasteiger partial charge in [0.25, 0.3) is 0 Å². The van der Waals surface area contributed by atoms with E-state index in [1.54, 1.807) is 0 Å². The van der Waals surface area contributed by atoms with Crippen LogP contribution in [0.1, 0.15) is 46.2 Å². The van der Waals surface area contributed by atoms with Gasteiger partial charge in [0.15, 0.2) is 0 Å². The summed E-state index contributed by atoms with van der Waals surface area (Å²) in [5.74, 6) is 0.940. The molecule has 1 aromatic carbocycles. The van der Waals surface area contributed by atoms with Crippen LogP contribution in [0.15, 0.2) is 24.3 Å². The molecule has 0 saturated carbocycles. The summed E-state index contributed by atoms with van der Waals surface area (Å²) in [6, 6.07) is 9.20. The zero-order chi connectivity index (χ0) is 12.1. The normalized spacial score (nSPS) is 13.2. The van der Waals surface area contributed by atoms with Crippen LogP contribution in [0.2, 0.25) is 0 Å². The fraction of sp³-hybridized carbons (Fsp3) is 0.571. The maximum absolute atomic E-state index is 5.61. The summed E-state index contributed by atoms with van der Waals surface area (Å²) in [5.41, 5.74) is 1.30. The molecule has 1 aromatic rings. The number of benzene rings is 1. The van der Waals surface area contributed by atoms with E-state index < -0.39 is 0 Å². The Bertz CT molecular complexity index is 303. The molecule has 2 nitrogen and oxygen atoms in total. The number of ether oxygens (including phenoxy) is 1. The van der Waals surface area contributed by atoms with E-state index in [2.05, 4.69) is 38.2 Å². The highest BCUT2D eigenvalue weighted by molar-refractivity contribution is 5.29. The van der Waals surface area contributed by atoms with Gasteiger partial charge in [0.05, 0.1) is 6.10 Å². The third-order valence-corrected chi connectivity index (χ3v) is 2.34. The minimum atomic E-state index is 0.233. The van der Waals surface area contributed by atoms with Gasteiger partial charge in [-0.15, -0.1) is 0 Å². The lowest BCUT2D eigenvalue weighted by molar-refractivity contribution is 0.242. The summed E-state index contributed by atoms with van der Waals surface area (Å²) >= 11 is 0. The van der Waals surface area contributed by atoms with Gasteiger partial charge in [-0.25, -0.2) is 0 Å². The Hall–Kier alpha value is -1.02. The van der Waals surface area contributed by atoms with Crippen molar-refractivity contribution in [1.82, 2.24) is 5.32 Å². The topological polar surface area (TPSA) is 21.3 Å². The molecule has 90 valence electrons. The van der Waals surface area contributed by atoms with Crippen LogP contribution in [0.25, 0.3) is 0 Å². The van der Waals surface area contributed by atoms with Gasteiger partial charge < -0.3 is 10.1 Å². The largest absolute Gasteiger partial charge is 0.491 e. The standard InChI is InChI=1S/C14H23NO/c1-10(2)15-12(5)13-6-8-14(9-7-13)16-11(3)4/h6-12,15H,1-5H3/t12-/m0/s1. The van der Waals surface area contributed by atoms with Gasteiger partial charge in [-0.1, -0.05) is 26.0 Å². The molecule has 0 bridgehead atoms. The van der Waals surface area contributed by atoms with E-state index in [0.717, 1.165) is 5.75 Å². The number of rotatable bonds is 5. The lowest BCUT2D eigenvalue weighted by Gasteiger charge is -2.18. The molecule has 0 fully saturated rings. The molecule has 2 heteroatoms. The van der Waals surface area contributed by atoms with E-state index >= 15 is 0 Å². The Kier molecular flexibility index (Phi) is 4.81. The van der Waals surface area contributed by atoms with Gasteiger partial charge in [-0.3, -0.25) is 0 Å². The van der Waals surface area contributed by atoms with Crippen LogP contribution < -0.4 is 10.1 Å². The van der Waals surface area contributed by atoms with E-state index in [-0.39, 0.29) is 6.10 Å². The first-order chi connectivity index (χ1) is 7.49. The fourth-order valence-electron chi connectivity index (χ4n) is 1.70. The molecule has 0 aromatic heterocycles. The van der Waals surface area contributed by atoms with Crippen molar-refractivity contribution in [2.75, 3.05) is 0 Å². The lowest BCUT2D eigenvalue weighted by Crippen LogP contribution is -2.25. The Morgan fingerprint density at radius 1 is 0.938 bits per heavy atom. The predicted octanol–water partition coefficient (Wildman–Crippen LogP) is 3.53. The third-order valence-electron chi connectivity index (χ3n) is 2.34. The highest BCUT2D eigenvalue weighted by atomic mass is 16.5. The average Bonchev–Trinajstić information content (AvgIpc) is 2.16. The molecule has 0 unspecified atom stereocenters. The van der Waals surface area contributed by atoms with E-state index in [0.29, 0.717) is 12.1 Å². The Balaban J connectivity index is 2.63. The van der Waals surface area contributed by atoms with Crippen LogP contribution in [0.4, 0.5) is 0 Å². The van der Waals surface area contributed by atoms with E-state index in [1.807, 2.05) is 26.0 Å². The summed E-state index contributed by atoms with van der Waals surface area (Å²) in [5, 5.41) is 3.48. The predicted molar refractivity (Wildman–Crippen MR) is 68.9 cm³/mol. The number of nitrogens with one attached hydrogen (secondary N) is 1. The maximum Gasteiger partial charge on any atom is 0.119 e. The maximum atomic E-state index is 5.61.